The predicted octanol–water partition coefficient (Wildman–Crippen LogP) is 2.38. The highest BCUT2D eigenvalue weighted by atomic mass is 16.5. The molecular formula is C16H30N2O2. The molecule has 1 N–H and O–H groups in total. The zero-order valence-corrected chi connectivity index (χ0v) is 13.6. The number of nitrogens with one attached hydrogen (secondary N) is 1. The maximum absolute atomic E-state index is 12.8. The molecule has 4 nitrogen and oxygen atoms in total. The summed E-state index contributed by atoms with van der Waals surface area (Å²) in [6.45, 7) is 11.7. The van der Waals surface area contributed by atoms with Gasteiger partial charge in [-0.3, -0.25) is 10.1 Å². The first-order valence-electron chi connectivity index (χ1n) is 8.10. The zero-order valence-electron chi connectivity index (χ0n) is 13.6. The Balaban J connectivity index is 2.13. The highest BCUT2D eigenvalue weighted by molar-refractivity contribution is 5.84. The van der Waals surface area contributed by atoms with Gasteiger partial charge in [0.15, 0.2) is 0 Å². The van der Waals surface area contributed by atoms with Crippen LogP contribution < -0.4 is 5.32 Å². The van der Waals surface area contributed by atoms with E-state index in [1.165, 1.54) is 0 Å². The van der Waals surface area contributed by atoms with Gasteiger partial charge in [-0.2, -0.15) is 0 Å². The van der Waals surface area contributed by atoms with Crippen LogP contribution in [-0.2, 0) is 9.53 Å². The highest BCUT2D eigenvalue weighted by Crippen LogP contribution is 2.29. The topological polar surface area (TPSA) is 41.6 Å². The molecule has 2 fully saturated rings. The van der Waals surface area contributed by atoms with Gasteiger partial charge in [0.25, 0.3) is 0 Å². The third-order valence-corrected chi connectivity index (χ3v) is 4.38. The number of hydrogen-bond acceptors (Lipinski definition) is 3. The van der Waals surface area contributed by atoms with Crippen molar-refractivity contribution in [3.8, 4) is 0 Å². The predicted molar refractivity (Wildman–Crippen MR) is 80.3 cm³/mol. The molecule has 4 heteroatoms. The standard InChI is InChI=1S/C16H30N2O2/c1-10(2)8-13-16(19)18(14-6-7-20-12(14)5)15(17-13)9-11(3)4/h10-15,17H,6-9H2,1-5H3. The van der Waals surface area contributed by atoms with Crippen molar-refractivity contribution in [1.29, 1.82) is 0 Å². The van der Waals surface area contributed by atoms with Crippen molar-refractivity contribution in [2.45, 2.75) is 78.2 Å². The van der Waals surface area contributed by atoms with Gasteiger partial charge in [-0.25, -0.2) is 0 Å². The Morgan fingerprint density at radius 1 is 1.25 bits per heavy atom. The van der Waals surface area contributed by atoms with E-state index in [0.29, 0.717) is 11.8 Å². The lowest BCUT2D eigenvalue weighted by Crippen LogP contribution is -2.48. The lowest BCUT2D eigenvalue weighted by molar-refractivity contribution is -0.133. The summed E-state index contributed by atoms with van der Waals surface area (Å²) in [5.74, 6) is 1.40. The van der Waals surface area contributed by atoms with Gasteiger partial charge in [-0.1, -0.05) is 27.7 Å². The van der Waals surface area contributed by atoms with Gasteiger partial charge >= 0.3 is 0 Å². The number of ether oxygens (including phenoxy) is 1. The van der Waals surface area contributed by atoms with Crippen LogP contribution in [0.15, 0.2) is 0 Å². The van der Waals surface area contributed by atoms with Crippen LogP contribution in [0.4, 0.5) is 0 Å². The molecule has 0 aromatic heterocycles. The first-order chi connectivity index (χ1) is 9.40. The molecule has 0 saturated carbocycles. The Labute approximate surface area is 123 Å². The molecule has 116 valence electrons. The molecule has 2 saturated heterocycles. The molecular weight excluding hydrogens is 252 g/mol. The van der Waals surface area contributed by atoms with E-state index in [4.69, 9.17) is 4.74 Å². The summed E-state index contributed by atoms with van der Waals surface area (Å²) in [5, 5.41) is 3.57. The van der Waals surface area contributed by atoms with Crippen LogP contribution in [0.1, 0.15) is 53.9 Å². The van der Waals surface area contributed by atoms with E-state index >= 15 is 0 Å². The van der Waals surface area contributed by atoms with Gasteiger partial charge in [0.1, 0.15) is 0 Å². The van der Waals surface area contributed by atoms with E-state index in [2.05, 4.69) is 44.8 Å². The minimum Gasteiger partial charge on any atom is -0.376 e. The van der Waals surface area contributed by atoms with Crippen LogP contribution in [0.2, 0.25) is 0 Å². The van der Waals surface area contributed by atoms with Crippen molar-refractivity contribution in [1.82, 2.24) is 10.2 Å². The van der Waals surface area contributed by atoms with E-state index in [1.807, 2.05) is 0 Å². The highest BCUT2D eigenvalue weighted by Gasteiger charge is 2.45. The van der Waals surface area contributed by atoms with Crippen LogP contribution in [0.25, 0.3) is 0 Å². The minimum absolute atomic E-state index is 0.00782. The summed E-state index contributed by atoms with van der Waals surface area (Å²) in [4.78, 5) is 14.9. The number of rotatable bonds is 5. The molecule has 2 heterocycles. The Kier molecular flexibility index (Phi) is 5.08. The van der Waals surface area contributed by atoms with E-state index in [-0.39, 0.29) is 30.3 Å². The summed E-state index contributed by atoms with van der Waals surface area (Å²) < 4.78 is 5.67. The first kappa shape index (κ1) is 15.8. The van der Waals surface area contributed by atoms with Crippen LogP contribution in [0.3, 0.4) is 0 Å². The van der Waals surface area contributed by atoms with Crippen LogP contribution in [-0.4, -0.2) is 41.8 Å². The van der Waals surface area contributed by atoms with Gasteiger partial charge in [0, 0.05) is 6.61 Å². The van der Waals surface area contributed by atoms with Crippen LogP contribution in [0, 0.1) is 11.8 Å². The minimum atomic E-state index is -0.00782. The Bertz CT molecular complexity index is 343. The molecule has 0 aliphatic carbocycles. The average Bonchev–Trinajstić information content (AvgIpc) is 2.84. The largest absolute Gasteiger partial charge is 0.376 e. The first-order valence-corrected chi connectivity index (χ1v) is 8.10. The fourth-order valence-electron chi connectivity index (χ4n) is 3.47. The monoisotopic (exact) mass is 282 g/mol. The second kappa shape index (κ2) is 6.44. The van der Waals surface area contributed by atoms with E-state index in [1.54, 1.807) is 0 Å². The van der Waals surface area contributed by atoms with Crippen LogP contribution >= 0.6 is 0 Å². The number of amides is 1. The molecule has 0 spiro atoms. The van der Waals surface area contributed by atoms with Crippen molar-refractivity contribution >= 4 is 5.91 Å². The molecule has 0 radical (unpaired) electrons. The summed E-state index contributed by atoms with van der Waals surface area (Å²) in [6, 6.07) is 0.238. The molecule has 0 bridgehead atoms. The molecule has 0 aromatic rings. The molecule has 0 aromatic carbocycles. The SMILES string of the molecule is CC(C)CC1NC(CC(C)C)N(C2CCOC2C)C1=O. The summed E-state index contributed by atoms with van der Waals surface area (Å²) in [7, 11) is 0. The summed E-state index contributed by atoms with van der Waals surface area (Å²) in [6.07, 6.45) is 3.25. The third kappa shape index (κ3) is 3.34. The molecule has 20 heavy (non-hydrogen) atoms. The van der Waals surface area contributed by atoms with Gasteiger partial charge in [-0.05, 0) is 38.0 Å². The smallest absolute Gasteiger partial charge is 0.241 e. The second-order valence-corrected chi connectivity index (χ2v) is 7.17. The van der Waals surface area contributed by atoms with E-state index < -0.39 is 0 Å². The summed E-state index contributed by atoms with van der Waals surface area (Å²) in [5.41, 5.74) is 0. The maximum atomic E-state index is 12.8. The maximum Gasteiger partial charge on any atom is 0.241 e. The van der Waals surface area contributed by atoms with Crippen molar-refractivity contribution in [3.05, 3.63) is 0 Å². The van der Waals surface area contributed by atoms with E-state index in [0.717, 1.165) is 25.9 Å². The average molecular weight is 282 g/mol. The van der Waals surface area contributed by atoms with Crippen molar-refractivity contribution in [2.24, 2.45) is 11.8 Å². The molecule has 2 aliphatic heterocycles. The van der Waals surface area contributed by atoms with Crippen molar-refractivity contribution in [2.75, 3.05) is 6.61 Å². The van der Waals surface area contributed by atoms with Gasteiger partial charge in [0.05, 0.1) is 24.4 Å². The van der Waals surface area contributed by atoms with Gasteiger partial charge in [-0.15, -0.1) is 0 Å². The molecule has 1 amide bonds. The third-order valence-electron chi connectivity index (χ3n) is 4.38. The normalized spacial score (nSPS) is 34.8. The van der Waals surface area contributed by atoms with Crippen molar-refractivity contribution in [3.63, 3.8) is 0 Å². The van der Waals surface area contributed by atoms with Gasteiger partial charge in [0.2, 0.25) is 5.91 Å². The van der Waals surface area contributed by atoms with Gasteiger partial charge < -0.3 is 9.64 Å². The Morgan fingerprint density at radius 3 is 2.40 bits per heavy atom. The van der Waals surface area contributed by atoms with E-state index in [9.17, 15) is 4.79 Å². The molecule has 4 atom stereocenters. The fourth-order valence-corrected chi connectivity index (χ4v) is 3.47. The van der Waals surface area contributed by atoms with Crippen LogP contribution in [0.5, 0.6) is 0 Å². The molecule has 2 rings (SSSR count). The second-order valence-electron chi connectivity index (χ2n) is 7.17. The zero-order chi connectivity index (χ0) is 14.9. The number of carbonyl (C=O) groups excluding carboxylic acids is 1. The Hall–Kier alpha value is -0.610. The number of hydrogen-bond donors (Lipinski definition) is 1. The quantitative estimate of drug-likeness (QED) is 0.842. The molecule has 4 unspecified atom stereocenters. The number of carbonyl (C=O) groups is 1. The fraction of sp³-hybridized carbons (Fsp3) is 0.938. The van der Waals surface area contributed by atoms with Crippen molar-refractivity contribution < 1.29 is 9.53 Å². The lowest BCUT2D eigenvalue weighted by Gasteiger charge is -2.32. The lowest BCUT2D eigenvalue weighted by atomic mass is 10.0. The molecule has 2 aliphatic rings. The number of nitrogens with zero attached hydrogens (tertiary/aromatic N) is 1. The summed E-state index contributed by atoms with van der Waals surface area (Å²) >= 11 is 0. The Morgan fingerprint density at radius 2 is 1.90 bits per heavy atom.